The largest absolute Gasteiger partial charge is 0.493 e. The predicted octanol–water partition coefficient (Wildman–Crippen LogP) is 5.61. The van der Waals surface area contributed by atoms with Crippen LogP contribution in [0.25, 0.3) is 11.0 Å². The van der Waals surface area contributed by atoms with Gasteiger partial charge in [-0.1, -0.05) is 42.5 Å². The molecule has 1 aliphatic rings. The highest BCUT2D eigenvalue weighted by atomic mass is 35.5. The monoisotopic (exact) mass is 479 g/mol. The van der Waals surface area contributed by atoms with Crippen LogP contribution in [-0.4, -0.2) is 24.5 Å². The van der Waals surface area contributed by atoms with E-state index >= 15 is 0 Å². The molecule has 1 N–H and O–H groups in total. The fourth-order valence-electron chi connectivity index (χ4n) is 4.11. The van der Waals surface area contributed by atoms with Crippen LogP contribution in [0.4, 0.5) is 5.00 Å². The molecule has 0 aliphatic carbocycles. The summed E-state index contributed by atoms with van der Waals surface area (Å²) >= 11 is 1.48. The number of halogens is 1. The van der Waals surface area contributed by atoms with Crippen molar-refractivity contribution < 1.29 is 13.9 Å². The number of thiophene rings is 1. The second-order valence-electron chi connectivity index (χ2n) is 7.71. The van der Waals surface area contributed by atoms with Crippen LogP contribution in [-0.2, 0) is 19.5 Å². The van der Waals surface area contributed by atoms with Crippen molar-refractivity contribution in [3.8, 4) is 11.8 Å². The molecule has 0 saturated heterocycles. The Morgan fingerprint density at radius 1 is 1.24 bits per heavy atom. The van der Waals surface area contributed by atoms with Crippen LogP contribution in [0, 0.1) is 11.3 Å². The minimum Gasteiger partial charge on any atom is -0.493 e. The van der Waals surface area contributed by atoms with Gasteiger partial charge >= 0.3 is 0 Å². The van der Waals surface area contributed by atoms with E-state index in [-0.39, 0.29) is 24.1 Å². The van der Waals surface area contributed by atoms with E-state index in [1.807, 2.05) is 30.3 Å². The lowest BCUT2D eigenvalue weighted by atomic mass is 10.0. The van der Waals surface area contributed by atoms with Crippen molar-refractivity contribution in [3.05, 3.63) is 81.9 Å². The van der Waals surface area contributed by atoms with Gasteiger partial charge in [0.1, 0.15) is 11.1 Å². The molecule has 0 saturated carbocycles. The Kier molecular flexibility index (Phi) is 6.70. The quantitative estimate of drug-likeness (QED) is 0.402. The Balaban J connectivity index is 0.00000259. The molecular formula is C25H22ClN3O3S. The number of hydrogen-bond donors (Lipinski definition) is 1. The zero-order valence-electron chi connectivity index (χ0n) is 18.0. The zero-order valence-corrected chi connectivity index (χ0v) is 19.6. The number of anilines is 1. The van der Waals surface area contributed by atoms with Gasteiger partial charge in [-0.05, 0) is 29.7 Å². The third-order valence-electron chi connectivity index (χ3n) is 5.68. The topological polar surface area (TPSA) is 78.5 Å². The number of rotatable bonds is 5. The molecule has 2 aromatic heterocycles. The summed E-state index contributed by atoms with van der Waals surface area (Å²) in [4.78, 5) is 16.4. The van der Waals surface area contributed by atoms with Crippen LogP contribution >= 0.6 is 23.7 Å². The van der Waals surface area contributed by atoms with E-state index in [1.54, 1.807) is 19.2 Å². The highest BCUT2D eigenvalue weighted by molar-refractivity contribution is 7.16. The van der Waals surface area contributed by atoms with E-state index in [0.717, 1.165) is 41.9 Å². The number of nitrogens with one attached hydrogen (secondary N) is 1. The Hall–Kier alpha value is -3.31. The first kappa shape index (κ1) is 22.9. The molecule has 0 fully saturated rings. The predicted molar refractivity (Wildman–Crippen MR) is 131 cm³/mol. The van der Waals surface area contributed by atoms with Gasteiger partial charge in [-0.15, -0.1) is 23.7 Å². The minimum atomic E-state index is -0.375. The molecule has 5 rings (SSSR count). The molecule has 0 unspecified atom stereocenters. The summed E-state index contributed by atoms with van der Waals surface area (Å²) in [5.74, 6) is 0.384. The third-order valence-corrected chi connectivity index (χ3v) is 6.81. The fourth-order valence-corrected chi connectivity index (χ4v) is 5.35. The Morgan fingerprint density at radius 3 is 2.82 bits per heavy atom. The number of ether oxygens (including phenoxy) is 1. The van der Waals surface area contributed by atoms with Crippen molar-refractivity contribution >= 4 is 45.6 Å². The zero-order chi connectivity index (χ0) is 22.1. The average molecular weight is 480 g/mol. The molecule has 33 heavy (non-hydrogen) atoms. The van der Waals surface area contributed by atoms with Crippen molar-refractivity contribution in [2.75, 3.05) is 19.0 Å². The van der Waals surface area contributed by atoms with E-state index in [0.29, 0.717) is 21.9 Å². The number of amides is 1. The second kappa shape index (κ2) is 9.67. The lowest BCUT2D eigenvalue weighted by molar-refractivity contribution is 0.0999. The molecule has 168 valence electrons. The summed E-state index contributed by atoms with van der Waals surface area (Å²) in [6.45, 7) is 2.51. The Bertz CT molecular complexity index is 1340. The van der Waals surface area contributed by atoms with Crippen LogP contribution in [0.15, 0.2) is 59.0 Å². The van der Waals surface area contributed by atoms with Gasteiger partial charge in [-0.3, -0.25) is 9.69 Å². The maximum Gasteiger partial charge on any atom is 0.292 e. The highest BCUT2D eigenvalue weighted by Crippen LogP contribution is 2.37. The SMILES string of the molecule is COc1cccc2cc(C(=O)Nc3sc4c(c3C#N)CCN(Cc3ccccc3)C4)oc12.Cl. The summed E-state index contributed by atoms with van der Waals surface area (Å²) in [5, 5.41) is 14.1. The van der Waals surface area contributed by atoms with Gasteiger partial charge in [0.25, 0.3) is 5.91 Å². The summed E-state index contributed by atoms with van der Waals surface area (Å²) < 4.78 is 11.1. The molecule has 1 amide bonds. The summed E-state index contributed by atoms with van der Waals surface area (Å²) in [5.41, 5.74) is 3.40. The highest BCUT2D eigenvalue weighted by Gasteiger charge is 2.26. The van der Waals surface area contributed by atoms with E-state index in [1.165, 1.54) is 16.9 Å². The lowest BCUT2D eigenvalue weighted by Gasteiger charge is -2.26. The maximum absolute atomic E-state index is 12.9. The fraction of sp³-hybridized carbons (Fsp3) is 0.200. The first-order valence-electron chi connectivity index (χ1n) is 10.3. The number of carbonyl (C=O) groups is 1. The third kappa shape index (κ3) is 4.46. The van der Waals surface area contributed by atoms with Crippen LogP contribution in [0.3, 0.4) is 0 Å². The molecule has 4 aromatic rings. The van der Waals surface area contributed by atoms with Crippen LogP contribution in [0.5, 0.6) is 5.75 Å². The molecule has 1 aliphatic heterocycles. The number of carbonyl (C=O) groups excluding carboxylic acids is 1. The number of fused-ring (bicyclic) bond motifs is 2. The average Bonchev–Trinajstić information content (AvgIpc) is 3.40. The second-order valence-corrected chi connectivity index (χ2v) is 8.81. The molecular weight excluding hydrogens is 458 g/mol. The molecule has 2 aromatic carbocycles. The van der Waals surface area contributed by atoms with E-state index in [9.17, 15) is 10.1 Å². The lowest BCUT2D eigenvalue weighted by Crippen LogP contribution is -2.29. The van der Waals surface area contributed by atoms with Crippen molar-refractivity contribution in [2.45, 2.75) is 19.5 Å². The van der Waals surface area contributed by atoms with Gasteiger partial charge in [0.2, 0.25) is 0 Å². The van der Waals surface area contributed by atoms with Crippen molar-refractivity contribution in [1.82, 2.24) is 4.90 Å². The number of hydrogen-bond acceptors (Lipinski definition) is 6. The van der Waals surface area contributed by atoms with Gasteiger partial charge in [-0.2, -0.15) is 5.26 Å². The number of methoxy groups -OCH3 is 1. The van der Waals surface area contributed by atoms with E-state index < -0.39 is 0 Å². The van der Waals surface area contributed by atoms with Crippen LogP contribution in [0.2, 0.25) is 0 Å². The number of benzene rings is 2. The number of para-hydroxylation sites is 1. The number of nitriles is 1. The van der Waals surface area contributed by atoms with Crippen molar-refractivity contribution in [1.29, 1.82) is 5.26 Å². The van der Waals surface area contributed by atoms with Crippen molar-refractivity contribution in [2.24, 2.45) is 0 Å². The molecule has 0 radical (unpaired) electrons. The minimum absolute atomic E-state index is 0. The van der Waals surface area contributed by atoms with Crippen molar-refractivity contribution in [3.63, 3.8) is 0 Å². The van der Waals surface area contributed by atoms with Gasteiger partial charge in [0.15, 0.2) is 17.1 Å². The van der Waals surface area contributed by atoms with Crippen LogP contribution < -0.4 is 10.1 Å². The first-order valence-corrected chi connectivity index (χ1v) is 11.2. The Labute approximate surface area is 201 Å². The number of nitrogens with zero attached hydrogens (tertiary/aromatic N) is 2. The van der Waals surface area contributed by atoms with Gasteiger partial charge in [-0.25, -0.2) is 0 Å². The Morgan fingerprint density at radius 2 is 2.06 bits per heavy atom. The van der Waals surface area contributed by atoms with Gasteiger partial charge in [0.05, 0.1) is 12.7 Å². The molecule has 3 heterocycles. The summed E-state index contributed by atoms with van der Waals surface area (Å²) in [6, 6.07) is 19.8. The molecule has 0 atom stereocenters. The standard InChI is InChI=1S/C25H21N3O3S.ClH/c1-30-20-9-5-8-17-12-21(31-23(17)20)24(29)27-25-19(13-26)18-10-11-28(15-22(18)32-25)14-16-6-3-2-4-7-16;/h2-9,12H,10-11,14-15H2,1H3,(H,27,29);1H. The van der Waals surface area contributed by atoms with Gasteiger partial charge < -0.3 is 14.5 Å². The smallest absolute Gasteiger partial charge is 0.292 e. The number of furan rings is 1. The van der Waals surface area contributed by atoms with E-state index in [4.69, 9.17) is 9.15 Å². The maximum atomic E-state index is 12.9. The summed E-state index contributed by atoms with van der Waals surface area (Å²) in [6.07, 6.45) is 0.791. The van der Waals surface area contributed by atoms with Crippen LogP contribution in [0.1, 0.15) is 32.1 Å². The molecule has 8 heteroatoms. The van der Waals surface area contributed by atoms with Gasteiger partial charge in [0, 0.05) is 29.9 Å². The first-order chi connectivity index (χ1) is 15.7. The molecule has 0 spiro atoms. The molecule has 0 bridgehead atoms. The normalized spacial score (nSPS) is 13.1. The molecule has 6 nitrogen and oxygen atoms in total. The van der Waals surface area contributed by atoms with E-state index in [2.05, 4.69) is 28.4 Å². The summed E-state index contributed by atoms with van der Waals surface area (Å²) in [7, 11) is 1.56.